The number of ether oxygens (including phenoxy) is 1. The number of carbonyl (C=O) groups is 1. The molecule has 0 amide bonds. The molecule has 0 aliphatic rings. The summed E-state index contributed by atoms with van der Waals surface area (Å²) in [6, 6.07) is 22.0. The first kappa shape index (κ1) is 16.5. The maximum atomic E-state index is 11.5. The van der Waals surface area contributed by atoms with Gasteiger partial charge < -0.3 is 9.84 Å². The minimum absolute atomic E-state index is 0.259. The molecule has 0 saturated carbocycles. The van der Waals surface area contributed by atoms with Crippen molar-refractivity contribution >= 4 is 17.9 Å². The molecule has 0 radical (unpaired) electrons. The van der Waals surface area contributed by atoms with Crippen LogP contribution in [0.25, 0.3) is 11.1 Å². The zero-order chi connectivity index (χ0) is 17.6. The summed E-state index contributed by atoms with van der Waals surface area (Å²) in [6.07, 6.45) is 1.75. The number of hydrogen-bond acceptors (Lipinski definition) is 3. The van der Waals surface area contributed by atoms with Crippen LogP contribution in [0, 0.1) is 0 Å². The molecule has 0 saturated heterocycles. The Bertz CT molecular complexity index is 914. The van der Waals surface area contributed by atoms with E-state index < -0.39 is 5.97 Å². The van der Waals surface area contributed by atoms with Crippen LogP contribution in [-0.2, 0) is 0 Å². The van der Waals surface area contributed by atoms with Crippen molar-refractivity contribution in [2.45, 2.75) is 0 Å². The number of methoxy groups -OCH3 is 1. The van der Waals surface area contributed by atoms with Crippen molar-refractivity contribution in [3.8, 4) is 16.9 Å². The highest BCUT2D eigenvalue weighted by Gasteiger charge is 2.13. The van der Waals surface area contributed by atoms with Crippen LogP contribution >= 0.6 is 0 Å². The average Bonchev–Trinajstić information content (AvgIpc) is 2.67. The first-order chi connectivity index (χ1) is 12.2. The predicted molar refractivity (Wildman–Crippen MR) is 99.1 cm³/mol. The molecule has 4 heteroatoms. The summed E-state index contributed by atoms with van der Waals surface area (Å²) in [5.74, 6) is -0.169. The molecule has 4 nitrogen and oxygen atoms in total. The van der Waals surface area contributed by atoms with Gasteiger partial charge in [-0.1, -0.05) is 36.4 Å². The van der Waals surface area contributed by atoms with Gasteiger partial charge in [-0.15, -0.1) is 0 Å². The highest BCUT2D eigenvalue weighted by atomic mass is 16.5. The van der Waals surface area contributed by atoms with Gasteiger partial charge in [-0.05, 0) is 47.5 Å². The third kappa shape index (κ3) is 3.75. The van der Waals surface area contributed by atoms with E-state index in [0.29, 0.717) is 11.3 Å². The van der Waals surface area contributed by atoms with Gasteiger partial charge >= 0.3 is 5.97 Å². The lowest BCUT2D eigenvalue weighted by atomic mass is 9.98. The van der Waals surface area contributed by atoms with Crippen LogP contribution in [0.1, 0.15) is 15.9 Å². The van der Waals surface area contributed by atoms with Gasteiger partial charge in [0.15, 0.2) is 0 Å². The van der Waals surface area contributed by atoms with Crippen LogP contribution in [0.15, 0.2) is 77.8 Å². The minimum atomic E-state index is -0.954. The Balaban J connectivity index is 1.99. The minimum Gasteiger partial charge on any atom is -0.497 e. The SMILES string of the molecule is COc1ccc(/C=N/c2ccccc2-c2ccccc2C(=O)O)cc1. The number of rotatable bonds is 5. The number of para-hydroxylation sites is 1. The van der Waals surface area contributed by atoms with Crippen molar-refractivity contribution in [1.82, 2.24) is 0 Å². The Morgan fingerprint density at radius 1 is 0.920 bits per heavy atom. The Hall–Kier alpha value is -3.40. The first-order valence-corrected chi connectivity index (χ1v) is 7.79. The largest absolute Gasteiger partial charge is 0.497 e. The fourth-order valence-corrected chi connectivity index (χ4v) is 2.55. The molecule has 0 atom stereocenters. The molecule has 0 fully saturated rings. The molecule has 0 heterocycles. The van der Waals surface area contributed by atoms with Crippen LogP contribution in [0.2, 0.25) is 0 Å². The standard InChI is InChI=1S/C21H17NO3/c1-25-16-12-10-15(11-13-16)14-22-20-9-5-4-7-18(20)17-6-2-3-8-19(17)21(23)24/h2-14H,1H3,(H,23,24)/b22-14+. The number of nitrogens with zero attached hydrogens (tertiary/aromatic N) is 1. The van der Waals surface area contributed by atoms with Crippen LogP contribution in [0.5, 0.6) is 5.75 Å². The number of aliphatic imine (C=N–C) groups is 1. The molecule has 3 rings (SSSR count). The molecular weight excluding hydrogens is 314 g/mol. The van der Waals surface area contributed by atoms with E-state index in [2.05, 4.69) is 4.99 Å². The fraction of sp³-hybridized carbons (Fsp3) is 0.0476. The number of aromatic carboxylic acids is 1. The molecule has 0 aliphatic carbocycles. The fourth-order valence-electron chi connectivity index (χ4n) is 2.55. The second-order valence-corrected chi connectivity index (χ2v) is 5.40. The van der Waals surface area contributed by atoms with E-state index >= 15 is 0 Å². The first-order valence-electron chi connectivity index (χ1n) is 7.79. The smallest absolute Gasteiger partial charge is 0.336 e. The van der Waals surface area contributed by atoms with Gasteiger partial charge in [0, 0.05) is 11.8 Å². The Labute approximate surface area is 146 Å². The van der Waals surface area contributed by atoms with Crippen molar-refractivity contribution in [2.75, 3.05) is 7.11 Å². The molecule has 25 heavy (non-hydrogen) atoms. The van der Waals surface area contributed by atoms with E-state index in [-0.39, 0.29) is 5.56 Å². The van der Waals surface area contributed by atoms with Crippen LogP contribution in [0.4, 0.5) is 5.69 Å². The Morgan fingerprint density at radius 3 is 2.24 bits per heavy atom. The van der Waals surface area contributed by atoms with E-state index in [1.807, 2.05) is 54.6 Å². The second kappa shape index (κ2) is 7.45. The third-order valence-electron chi connectivity index (χ3n) is 3.82. The molecule has 0 unspecified atom stereocenters. The van der Waals surface area contributed by atoms with Crippen LogP contribution < -0.4 is 4.74 Å². The summed E-state index contributed by atoms with van der Waals surface area (Å²) >= 11 is 0. The lowest BCUT2D eigenvalue weighted by Gasteiger charge is -2.09. The van der Waals surface area contributed by atoms with Crippen molar-refractivity contribution in [3.63, 3.8) is 0 Å². The molecule has 0 bridgehead atoms. The van der Waals surface area contributed by atoms with E-state index in [0.717, 1.165) is 16.9 Å². The van der Waals surface area contributed by atoms with E-state index in [1.165, 1.54) is 0 Å². The predicted octanol–water partition coefficient (Wildman–Crippen LogP) is 4.81. The van der Waals surface area contributed by atoms with Crippen molar-refractivity contribution in [2.24, 2.45) is 4.99 Å². The molecule has 124 valence electrons. The Morgan fingerprint density at radius 2 is 1.56 bits per heavy atom. The number of benzene rings is 3. The molecule has 1 N–H and O–H groups in total. The second-order valence-electron chi connectivity index (χ2n) is 5.40. The molecule has 3 aromatic carbocycles. The highest BCUT2D eigenvalue weighted by Crippen LogP contribution is 2.32. The maximum Gasteiger partial charge on any atom is 0.336 e. The normalized spacial score (nSPS) is 10.8. The van der Waals surface area contributed by atoms with Crippen molar-refractivity contribution in [1.29, 1.82) is 0 Å². The van der Waals surface area contributed by atoms with Crippen molar-refractivity contribution in [3.05, 3.63) is 83.9 Å². The van der Waals surface area contributed by atoms with Gasteiger partial charge in [0.25, 0.3) is 0 Å². The summed E-state index contributed by atoms with van der Waals surface area (Å²) in [6.45, 7) is 0. The van der Waals surface area contributed by atoms with Crippen molar-refractivity contribution < 1.29 is 14.6 Å². The summed E-state index contributed by atoms with van der Waals surface area (Å²) < 4.78 is 5.14. The number of hydrogen-bond donors (Lipinski definition) is 1. The molecule has 3 aromatic rings. The topological polar surface area (TPSA) is 58.9 Å². The summed E-state index contributed by atoms with van der Waals surface area (Å²) in [5, 5.41) is 9.42. The third-order valence-corrected chi connectivity index (χ3v) is 3.82. The van der Waals surface area contributed by atoms with E-state index in [1.54, 1.807) is 31.5 Å². The van der Waals surface area contributed by atoms with Gasteiger partial charge in [0.05, 0.1) is 18.4 Å². The molecule has 0 spiro atoms. The summed E-state index contributed by atoms with van der Waals surface area (Å²) in [7, 11) is 1.62. The zero-order valence-corrected chi connectivity index (χ0v) is 13.7. The summed E-state index contributed by atoms with van der Waals surface area (Å²) in [5.41, 5.74) is 3.34. The monoisotopic (exact) mass is 331 g/mol. The van der Waals surface area contributed by atoms with Crippen LogP contribution in [-0.4, -0.2) is 24.4 Å². The van der Waals surface area contributed by atoms with Gasteiger partial charge in [-0.25, -0.2) is 4.79 Å². The average molecular weight is 331 g/mol. The number of carboxylic acids is 1. The van der Waals surface area contributed by atoms with Crippen LogP contribution in [0.3, 0.4) is 0 Å². The molecule has 0 aliphatic heterocycles. The summed E-state index contributed by atoms with van der Waals surface area (Å²) in [4.78, 5) is 16.0. The Kier molecular flexibility index (Phi) is 4.90. The van der Waals surface area contributed by atoms with Gasteiger partial charge in [-0.3, -0.25) is 4.99 Å². The van der Waals surface area contributed by atoms with E-state index in [9.17, 15) is 9.90 Å². The quantitative estimate of drug-likeness (QED) is 0.682. The highest BCUT2D eigenvalue weighted by molar-refractivity contribution is 5.98. The molecular formula is C21H17NO3. The van der Waals surface area contributed by atoms with E-state index in [4.69, 9.17) is 4.74 Å². The maximum absolute atomic E-state index is 11.5. The van der Waals surface area contributed by atoms with Gasteiger partial charge in [-0.2, -0.15) is 0 Å². The van der Waals surface area contributed by atoms with Gasteiger partial charge in [0.1, 0.15) is 5.75 Å². The number of carboxylic acid groups (broad SMARTS) is 1. The van der Waals surface area contributed by atoms with Gasteiger partial charge in [0.2, 0.25) is 0 Å². The molecule has 0 aromatic heterocycles. The lowest BCUT2D eigenvalue weighted by Crippen LogP contribution is -1.99. The zero-order valence-electron chi connectivity index (χ0n) is 13.7. The lowest BCUT2D eigenvalue weighted by molar-refractivity contribution is 0.0697.